The highest BCUT2D eigenvalue weighted by molar-refractivity contribution is 5.68. The Morgan fingerprint density at radius 3 is 2.08 bits per heavy atom. The van der Waals surface area contributed by atoms with Crippen LogP contribution in [0.2, 0.25) is 0 Å². The topological polar surface area (TPSA) is 73.3 Å². The van der Waals surface area contributed by atoms with Crippen LogP contribution >= 0.6 is 0 Å². The Morgan fingerprint density at radius 2 is 1.54 bits per heavy atom. The van der Waals surface area contributed by atoms with Gasteiger partial charge in [0, 0.05) is 57.9 Å². The van der Waals surface area contributed by atoms with Gasteiger partial charge < -0.3 is 19.6 Å². The fourth-order valence-electron chi connectivity index (χ4n) is 4.67. The molecule has 16 heteroatoms. The minimum absolute atomic E-state index is 0.0278. The van der Waals surface area contributed by atoms with E-state index in [1.54, 1.807) is 9.80 Å². The number of alkyl halides is 9. The van der Waals surface area contributed by atoms with Crippen LogP contribution in [0.5, 0.6) is 0 Å². The predicted octanol–water partition coefficient (Wildman–Crippen LogP) is 5.14. The summed E-state index contributed by atoms with van der Waals surface area (Å²) in [5, 5.41) is 9.06. The second-order valence-electron chi connectivity index (χ2n) is 9.55. The molecule has 1 atom stereocenters. The third-order valence-electron chi connectivity index (χ3n) is 6.50. The van der Waals surface area contributed by atoms with Gasteiger partial charge in [0.25, 0.3) is 6.10 Å². The van der Waals surface area contributed by atoms with E-state index in [9.17, 15) is 49.1 Å². The number of halogens is 9. The van der Waals surface area contributed by atoms with E-state index < -0.39 is 42.3 Å². The van der Waals surface area contributed by atoms with Crippen LogP contribution < -0.4 is 4.90 Å². The van der Waals surface area contributed by atoms with Crippen LogP contribution in [0.3, 0.4) is 0 Å². The van der Waals surface area contributed by atoms with Crippen molar-refractivity contribution in [3.05, 3.63) is 29.3 Å². The summed E-state index contributed by atoms with van der Waals surface area (Å²) in [6.07, 6.45) is -21.3. The SMILES string of the molecule is O=C(O)C[C@H]1CCCN(c2cc(CN3CCN(C(=O)OC(C(F)(F)F)C(F)(F)F)CC3)cc(C(F)(F)F)c2)C1. The number of piperazine rings is 1. The Labute approximate surface area is 217 Å². The van der Waals surface area contributed by atoms with Crippen molar-refractivity contribution in [1.29, 1.82) is 0 Å². The Bertz CT molecular complexity index is 1010. The van der Waals surface area contributed by atoms with Crippen molar-refractivity contribution in [3.63, 3.8) is 0 Å². The summed E-state index contributed by atoms with van der Waals surface area (Å²) >= 11 is 0. The first-order valence-corrected chi connectivity index (χ1v) is 11.9. The Kier molecular flexibility index (Phi) is 9.17. The van der Waals surface area contributed by atoms with Crippen molar-refractivity contribution in [1.82, 2.24) is 9.80 Å². The van der Waals surface area contributed by atoms with Gasteiger partial charge in [-0.25, -0.2) is 4.79 Å². The fourth-order valence-corrected chi connectivity index (χ4v) is 4.67. The summed E-state index contributed by atoms with van der Waals surface area (Å²) in [5.41, 5.74) is -0.393. The van der Waals surface area contributed by atoms with E-state index in [0.717, 1.165) is 12.1 Å². The number of carboxylic acid groups (broad SMARTS) is 1. The molecule has 1 aromatic carbocycles. The van der Waals surface area contributed by atoms with Crippen molar-refractivity contribution in [2.24, 2.45) is 5.92 Å². The van der Waals surface area contributed by atoms with Crippen LogP contribution in [-0.2, 0) is 22.3 Å². The molecular formula is C23H26F9N3O4. The molecule has 2 heterocycles. The highest BCUT2D eigenvalue weighted by Crippen LogP contribution is 2.37. The summed E-state index contributed by atoms with van der Waals surface area (Å²) in [7, 11) is 0. The number of piperidine rings is 1. The van der Waals surface area contributed by atoms with Gasteiger partial charge in [0.1, 0.15) is 0 Å². The number of nitrogens with zero attached hydrogens (tertiary/aromatic N) is 3. The average Bonchev–Trinajstić information content (AvgIpc) is 2.80. The molecule has 7 nitrogen and oxygen atoms in total. The van der Waals surface area contributed by atoms with E-state index in [1.165, 1.54) is 6.07 Å². The molecule has 2 aliphatic rings. The van der Waals surface area contributed by atoms with Crippen LogP contribution in [0.25, 0.3) is 0 Å². The standard InChI is InChI=1S/C23H26F9N3O4/c24-21(25,26)16-8-15(9-17(11-16)35-3-1-2-14(13-35)10-18(36)37)12-33-4-6-34(7-5-33)20(38)39-19(22(27,28)29)23(30,31)32/h8-9,11,14,19H,1-7,10,12-13H2,(H,36,37)/t14-/m1/s1. The van der Waals surface area contributed by atoms with Gasteiger partial charge in [0.2, 0.25) is 0 Å². The lowest BCUT2D eigenvalue weighted by Crippen LogP contribution is -2.52. The molecule has 0 spiro atoms. The number of carbonyl (C=O) groups excluding carboxylic acids is 1. The molecule has 2 aliphatic heterocycles. The van der Waals surface area contributed by atoms with E-state index in [1.807, 2.05) is 0 Å². The molecular weight excluding hydrogens is 553 g/mol. The molecule has 0 bridgehead atoms. The van der Waals surface area contributed by atoms with Crippen LogP contribution in [0.15, 0.2) is 18.2 Å². The molecule has 1 amide bonds. The minimum atomic E-state index is -5.85. The number of carbonyl (C=O) groups is 2. The lowest BCUT2D eigenvalue weighted by molar-refractivity contribution is -0.308. The van der Waals surface area contributed by atoms with E-state index >= 15 is 0 Å². The van der Waals surface area contributed by atoms with Gasteiger partial charge in [-0.15, -0.1) is 0 Å². The van der Waals surface area contributed by atoms with Gasteiger partial charge in [-0.3, -0.25) is 9.69 Å². The zero-order chi connectivity index (χ0) is 29.2. The van der Waals surface area contributed by atoms with Gasteiger partial charge in [-0.2, -0.15) is 39.5 Å². The summed E-state index contributed by atoms with van der Waals surface area (Å²) in [6, 6.07) is 3.47. The summed E-state index contributed by atoms with van der Waals surface area (Å²) in [4.78, 5) is 27.0. The van der Waals surface area contributed by atoms with E-state index in [2.05, 4.69) is 4.74 Å². The molecule has 2 fully saturated rings. The molecule has 39 heavy (non-hydrogen) atoms. The van der Waals surface area contributed by atoms with Gasteiger partial charge in [0.15, 0.2) is 0 Å². The molecule has 3 rings (SSSR count). The third kappa shape index (κ3) is 8.54. The number of benzene rings is 1. The minimum Gasteiger partial charge on any atom is -0.481 e. The number of anilines is 1. The van der Waals surface area contributed by atoms with E-state index in [-0.39, 0.29) is 62.9 Å². The van der Waals surface area contributed by atoms with Crippen LogP contribution in [0, 0.1) is 5.92 Å². The Hall–Kier alpha value is -2.91. The highest BCUT2D eigenvalue weighted by Gasteiger charge is 2.60. The molecule has 0 saturated carbocycles. The maximum atomic E-state index is 13.6. The Morgan fingerprint density at radius 1 is 0.923 bits per heavy atom. The monoisotopic (exact) mass is 579 g/mol. The average molecular weight is 579 g/mol. The number of hydrogen-bond donors (Lipinski definition) is 1. The maximum absolute atomic E-state index is 13.6. The van der Waals surface area contributed by atoms with Crippen LogP contribution in [-0.4, -0.2) is 84.7 Å². The van der Waals surface area contributed by atoms with Gasteiger partial charge >= 0.3 is 30.6 Å². The van der Waals surface area contributed by atoms with E-state index in [4.69, 9.17) is 5.11 Å². The number of carboxylic acids is 1. The van der Waals surface area contributed by atoms with Crippen molar-refractivity contribution in [2.75, 3.05) is 44.2 Å². The first kappa shape index (κ1) is 30.6. The molecule has 1 N–H and O–H groups in total. The van der Waals surface area contributed by atoms with Gasteiger partial charge in [0.05, 0.1) is 5.56 Å². The highest BCUT2D eigenvalue weighted by atomic mass is 19.4. The van der Waals surface area contributed by atoms with Crippen LogP contribution in [0.1, 0.15) is 30.4 Å². The smallest absolute Gasteiger partial charge is 0.434 e. The van der Waals surface area contributed by atoms with Gasteiger partial charge in [-0.05, 0) is 42.5 Å². The summed E-state index contributed by atoms with van der Waals surface area (Å²) < 4.78 is 121. The summed E-state index contributed by atoms with van der Waals surface area (Å²) in [5.74, 6) is -1.22. The number of ether oxygens (including phenoxy) is 1. The van der Waals surface area contributed by atoms with Gasteiger partial charge in [-0.1, -0.05) is 0 Å². The van der Waals surface area contributed by atoms with Crippen molar-refractivity contribution < 1.29 is 58.9 Å². The number of hydrogen-bond acceptors (Lipinski definition) is 5. The summed E-state index contributed by atoms with van der Waals surface area (Å²) in [6.45, 7) is 0.0207. The lowest BCUT2D eigenvalue weighted by Gasteiger charge is -2.36. The van der Waals surface area contributed by atoms with Crippen LogP contribution in [0.4, 0.5) is 50.0 Å². The Balaban J connectivity index is 1.68. The largest absolute Gasteiger partial charge is 0.481 e. The number of amides is 1. The molecule has 1 aromatic rings. The molecule has 220 valence electrons. The second kappa shape index (κ2) is 11.7. The number of aliphatic carboxylic acids is 1. The van der Waals surface area contributed by atoms with Crippen molar-refractivity contribution in [3.8, 4) is 0 Å². The lowest BCUT2D eigenvalue weighted by atomic mass is 9.94. The molecule has 0 radical (unpaired) electrons. The maximum Gasteiger partial charge on any atom is 0.434 e. The van der Waals surface area contributed by atoms with Crippen molar-refractivity contribution >= 4 is 17.7 Å². The normalized spacial score (nSPS) is 19.9. The first-order valence-electron chi connectivity index (χ1n) is 11.9. The quantitative estimate of drug-likeness (QED) is 0.471. The molecule has 0 unspecified atom stereocenters. The van der Waals surface area contributed by atoms with Crippen molar-refractivity contribution in [2.45, 2.75) is 50.4 Å². The predicted molar refractivity (Wildman–Crippen MR) is 118 cm³/mol. The van der Waals surface area contributed by atoms with E-state index in [0.29, 0.717) is 24.3 Å². The fraction of sp³-hybridized carbons (Fsp3) is 0.652. The zero-order valence-electron chi connectivity index (χ0n) is 20.4. The molecule has 2 saturated heterocycles. The number of rotatable bonds is 6. The molecule has 0 aromatic heterocycles. The first-order chi connectivity index (χ1) is 17.9. The molecule has 0 aliphatic carbocycles. The zero-order valence-corrected chi connectivity index (χ0v) is 20.4. The second-order valence-corrected chi connectivity index (χ2v) is 9.55. The third-order valence-corrected chi connectivity index (χ3v) is 6.50.